The van der Waals surface area contributed by atoms with Crippen molar-refractivity contribution in [2.75, 3.05) is 25.5 Å². The van der Waals surface area contributed by atoms with Gasteiger partial charge in [0.2, 0.25) is 0 Å². The summed E-state index contributed by atoms with van der Waals surface area (Å²) in [5, 5.41) is 9.05. The Hall–Kier alpha value is -2.77. The van der Waals surface area contributed by atoms with Crippen LogP contribution in [0.1, 0.15) is 41.7 Å². The van der Waals surface area contributed by atoms with E-state index in [0.29, 0.717) is 24.1 Å². The van der Waals surface area contributed by atoms with Gasteiger partial charge >= 0.3 is 0 Å². The lowest BCUT2D eigenvalue weighted by molar-refractivity contribution is -0.147. The number of carbonyl (C=O) groups excluding carboxylic acids is 2. The van der Waals surface area contributed by atoms with E-state index in [9.17, 15) is 14.0 Å². The van der Waals surface area contributed by atoms with Crippen LogP contribution < -0.4 is 16.0 Å². The van der Waals surface area contributed by atoms with E-state index in [1.807, 2.05) is 19.1 Å². The molecule has 0 saturated carbocycles. The Morgan fingerprint density at radius 2 is 1.69 bits per heavy atom. The Balaban J connectivity index is 1.61. The minimum Gasteiger partial charge on any atom is -0.368 e. The molecule has 3 N–H and O–H groups in total. The third-order valence-corrected chi connectivity index (χ3v) is 5.34. The van der Waals surface area contributed by atoms with Crippen molar-refractivity contribution in [3.05, 3.63) is 65.5 Å². The van der Waals surface area contributed by atoms with Gasteiger partial charge in [-0.2, -0.15) is 0 Å². The van der Waals surface area contributed by atoms with E-state index in [0.717, 1.165) is 18.7 Å². The quantitative estimate of drug-likeness (QED) is 0.698. The Bertz CT molecular complexity index is 847. The van der Waals surface area contributed by atoms with E-state index in [4.69, 9.17) is 4.74 Å². The van der Waals surface area contributed by atoms with Gasteiger partial charge < -0.3 is 20.7 Å². The van der Waals surface area contributed by atoms with E-state index in [1.54, 1.807) is 19.2 Å². The van der Waals surface area contributed by atoms with Crippen LogP contribution in [0.2, 0.25) is 0 Å². The number of piperidine rings is 1. The van der Waals surface area contributed by atoms with Crippen molar-refractivity contribution < 1.29 is 18.7 Å². The lowest BCUT2D eigenvalue weighted by Crippen LogP contribution is -2.54. The first-order valence-electron chi connectivity index (χ1n) is 9.67. The predicted molar refractivity (Wildman–Crippen MR) is 109 cm³/mol. The third-order valence-electron chi connectivity index (χ3n) is 5.34. The van der Waals surface area contributed by atoms with E-state index >= 15 is 0 Å². The van der Waals surface area contributed by atoms with Crippen LogP contribution in [-0.2, 0) is 9.53 Å². The van der Waals surface area contributed by atoms with Gasteiger partial charge in [-0.25, -0.2) is 4.39 Å². The van der Waals surface area contributed by atoms with E-state index in [-0.39, 0.29) is 23.7 Å². The number of halogens is 1. The fourth-order valence-electron chi connectivity index (χ4n) is 3.43. The average Bonchev–Trinajstić information content (AvgIpc) is 2.75. The summed E-state index contributed by atoms with van der Waals surface area (Å²) in [6.45, 7) is 3.41. The standard InChI is InChI=1S/C22H26FN3O3/c1-15(25-21(28)22(29-2)11-13-24-14-12-22)16-5-9-19(10-6-16)26-20(27)17-3-7-18(23)8-4-17/h3-10,15,24H,11-14H2,1-2H3,(H,25,28)(H,26,27). The van der Waals surface area contributed by atoms with Crippen LogP contribution >= 0.6 is 0 Å². The van der Waals surface area contributed by atoms with Crippen LogP contribution in [-0.4, -0.2) is 37.6 Å². The first kappa shape index (κ1) is 21.0. The van der Waals surface area contributed by atoms with Crippen molar-refractivity contribution in [3.63, 3.8) is 0 Å². The number of anilines is 1. The number of hydrogen-bond donors (Lipinski definition) is 3. The second-order valence-electron chi connectivity index (χ2n) is 7.23. The van der Waals surface area contributed by atoms with Gasteiger partial charge in [-0.05, 0) is 74.8 Å². The van der Waals surface area contributed by atoms with Crippen molar-refractivity contribution in [3.8, 4) is 0 Å². The Labute approximate surface area is 169 Å². The monoisotopic (exact) mass is 399 g/mol. The number of amides is 2. The average molecular weight is 399 g/mol. The minimum absolute atomic E-state index is 0.109. The van der Waals surface area contributed by atoms with Gasteiger partial charge in [-0.3, -0.25) is 9.59 Å². The van der Waals surface area contributed by atoms with Gasteiger partial charge in [0.1, 0.15) is 11.4 Å². The van der Waals surface area contributed by atoms with Crippen molar-refractivity contribution in [2.24, 2.45) is 0 Å². The number of hydrogen-bond acceptors (Lipinski definition) is 4. The van der Waals surface area contributed by atoms with Gasteiger partial charge in [0.25, 0.3) is 11.8 Å². The maximum atomic E-state index is 13.0. The molecular formula is C22H26FN3O3. The van der Waals surface area contributed by atoms with Crippen molar-refractivity contribution in [1.29, 1.82) is 0 Å². The molecule has 154 valence electrons. The van der Waals surface area contributed by atoms with Crippen LogP contribution in [0.15, 0.2) is 48.5 Å². The maximum Gasteiger partial charge on any atom is 0.255 e. The smallest absolute Gasteiger partial charge is 0.255 e. The van der Waals surface area contributed by atoms with Crippen LogP contribution in [0.5, 0.6) is 0 Å². The molecular weight excluding hydrogens is 373 g/mol. The summed E-state index contributed by atoms with van der Waals surface area (Å²) >= 11 is 0. The number of nitrogens with one attached hydrogen (secondary N) is 3. The van der Waals surface area contributed by atoms with Crippen molar-refractivity contribution in [2.45, 2.75) is 31.4 Å². The van der Waals surface area contributed by atoms with Gasteiger partial charge in [0.05, 0.1) is 6.04 Å². The highest BCUT2D eigenvalue weighted by Crippen LogP contribution is 2.25. The molecule has 0 aliphatic carbocycles. The summed E-state index contributed by atoms with van der Waals surface area (Å²) in [6.07, 6.45) is 1.27. The SMILES string of the molecule is COC1(C(=O)NC(C)c2ccc(NC(=O)c3ccc(F)cc3)cc2)CCNCC1. The summed E-state index contributed by atoms with van der Waals surface area (Å²) in [7, 11) is 1.58. The zero-order valence-corrected chi connectivity index (χ0v) is 16.6. The van der Waals surface area contributed by atoms with E-state index in [2.05, 4.69) is 16.0 Å². The van der Waals surface area contributed by atoms with Gasteiger partial charge in [-0.1, -0.05) is 12.1 Å². The molecule has 2 amide bonds. The van der Waals surface area contributed by atoms with Gasteiger partial charge in [0.15, 0.2) is 0 Å². The molecule has 2 aromatic carbocycles. The molecule has 1 heterocycles. The lowest BCUT2D eigenvalue weighted by Gasteiger charge is -2.35. The molecule has 29 heavy (non-hydrogen) atoms. The first-order valence-corrected chi connectivity index (χ1v) is 9.67. The summed E-state index contributed by atoms with van der Waals surface area (Å²) < 4.78 is 18.5. The van der Waals surface area contributed by atoms with Crippen LogP contribution in [0.25, 0.3) is 0 Å². The highest BCUT2D eigenvalue weighted by Gasteiger charge is 2.40. The van der Waals surface area contributed by atoms with Crippen LogP contribution in [0.4, 0.5) is 10.1 Å². The zero-order valence-electron chi connectivity index (χ0n) is 16.6. The fraction of sp³-hybridized carbons (Fsp3) is 0.364. The predicted octanol–water partition coefficient (Wildman–Crippen LogP) is 3.02. The number of ether oxygens (including phenoxy) is 1. The summed E-state index contributed by atoms with van der Waals surface area (Å²) in [6, 6.07) is 12.4. The van der Waals surface area contributed by atoms with E-state index < -0.39 is 5.60 Å². The summed E-state index contributed by atoms with van der Waals surface area (Å²) in [5.41, 5.74) is 1.12. The highest BCUT2D eigenvalue weighted by molar-refractivity contribution is 6.04. The molecule has 2 aromatic rings. The van der Waals surface area contributed by atoms with Crippen LogP contribution in [0.3, 0.4) is 0 Å². The Morgan fingerprint density at radius 1 is 1.07 bits per heavy atom. The van der Waals surface area contributed by atoms with Crippen LogP contribution in [0, 0.1) is 5.82 Å². The third kappa shape index (κ3) is 4.99. The Kier molecular flexibility index (Phi) is 6.61. The molecule has 1 unspecified atom stereocenters. The zero-order chi connectivity index (χ0) is 20.9. The number of carbonyl (C=O) groups is 2. The number of methoxy groups -OCH3 is 1. The van der Waals surface area contributed by atoms with E-state index in [1.165, 1.54) is 24.3 Å². The molecule has 1 aliphatic heterocycles. The lowest BCUT2D eigenvalue weighted by atomic mass is 9.90. The molecule has 6 nitrogen and oxygen atoms in total. The minimum atomic E-state index is -0.789. The molecule has 0 bridgehead atoms. The molecule has 7 heteroatoms. The number of benzene rings is 2. The molecule has 1 fully saturated rings. The largest absolute Gasteiger partial charge is 0.368 e. The second-order valence-corrected chi connectivity index (χ2v) is 7.23. The number of rotatable bonds is 6. The highest BCUT2D eigenvalue weighted by atomic mass is 19.1. The summed E-state index contributed by atoms with van der Waals surface area (Å²) in [5.74, 6) is -0.809. The van der Waals surface area contributed by atoms with Gasteiger partial charge in [0, 0.05) is 18.4 Å². The van der Waals surface area contributed by atoms with Crippen molar-refractivity contribution >= 4 is 17.5 Å². The molecule has 1 atom stereocenters. The topological polar surface area (TPSA) is 79.5 Å². The molecule has 3 rings (SSSR count). The second kappa shape index (κ2) is 9.15. The normalized spacial score (nSPS) is 16.7. The van der Waals surface area contributed by atoms with Gasteiger partial charge in [-0.15, -0.1) is 0 Å². The molecule has 0 spiro atoms. The first-order chi connectivity index (χ1) is 13.9. The molecule has 1 aliphatic rings. The molecule has 0 radical (unpaired) electrons. The van der Waals surface area contributed by atoms with Crippen molar-refractivity contribution in [1.82, 2.24) is 10.6 Å². The Morgan fingerprint density at radius 3 is 2.28 bits per heavy atom. The maximum absolute atomic E-state index is 13.0. The molecule has 1 saturated heterocycles. The summed E-state index contributed by atoms with van der Waals surface area (Å²) in [4.78, 5) is 25.0. The fourth-order valence-corrected chi connectivity index (χ4v) is 3.43. The molecule has 0 aromatic heterocycles.